The smallest absolute Gasteiger partial charge is 0.173 e. The van der Waals surface area contributed by atoms with Gasteiger partial charge in [0.1, 0.15) is 11.6 Å². The number of aromatic amines is 1. The second-order valence-corrected chi connectivity index (χ2v) is 7.84. The first-order chi connectivity index (χ1) is 14.7. The number of nitrogens with one attached hydrogen (secondary N) is 1. The Kier molecular flexibility index (Phi) is 5.08. The van der Waals surface area contributed by atoms with Crippen molar-refractivity contribution in [3.05, 3.63) is 64.9 Å². The number of nitrogens with zero attached hydrogens (tertiary/aromatic N) is 5. The van der Waals surface area contributed by atoms with Gasteiger partial charge in [0.25, 0.3) is 0 Å². The Morgan fingerprint density at radius 2 is 1.90 bits per heavy atom. The van der Waals surface area contributed by atoms with Crippen LogP contribution in [-0.4, -0.2) is 43.9 Å². The minimum Gasteiger partial charge on any atom is -0.294 e. The first-order valence-electron chi connectivity index (χ1n) is 10.3. The number of aromatic nitrogens is 4. The van der Waals surface area contributed by atoms with Crippen molar-refractivity contribution in [2.45, 2.75) is 38.8 Å². The van der Waals surface area contributed by atoms with Gasteiger partial charge in [0, 0.05) is 61.6 Å². The van der Waals surface area contributed by atoms with Crippen molar-refractivity contribution in [1.82, 2.24) is 25.1 Å². The van der Waals surface area contributed by atoms with Crippen molar-refractivity contribution in [1.29, 1.82) is 0 Å². The molecule has 0 unspecified atom stereocenters. The predicted octanol–water partition coefficient (Wildman–Crippen LogP) is 3.68. The maximum Gasteiger partial charge on any atom is 0.173 e. The summed E-state index contributed by atoms with van der Waals surface area (Å²) in [6, 6.07) is 3.50. The summed E-state index contributed by atoms with van der Waals surface area (Å²) in [5, 5.41) is 6.98. The van der Waals surface area contributed by atoms with E-state index in [9.17, 15) is 8.78 Å². The van der Waals surface area contributed by atoms with Crippen molar-refractivity contribution in [2.24, 2.45) is 4.99 Å². The van der Waals surface area contributed by atoms with E-state index < -0.39 is 11.6 Å². The minimum absolute atomic E-state index is 0.457. The Morgan fingerprint density at radius 1 is 1.03 bits per heavy atom. The quantitative estimate of drug-likeness (QED) is 0.715. The van der Waals surface area contributed by atoms with Crippen molar-refractivity contribution in [2.75, 3.05) is 13.1 Å². The third-order valence-electron chi connectivity index (χ3n) is 5.66. The molecule has 8 heteroatoms. The van der Waals surface area contributed by atoms with Gasteiger partial charge in [-0.15, -0.1) is 0 Å². The molecule has 0 spiro atoms. The van der Waals surface area contributed by atoms with Crippen LogP contribution >= 0.6 is 0 Å². The van der Waals surface area contributed by atoms with Gasteiger partial charge in [-0.3, -0.25) is 15.0 Å². The predicted molar refractivity (Wildman–Crippen MR) is 109 cm³/mol. The van der Waals surface area contributed by atoms with Gasteiger partial charge in [-0.05, 0) is 31.4 Å². The van der Waals surface area contributed by atoms with E-state index in [1.165, 1.54) is 12.1 Å². The van der Waals surface area contributed by atoms with Gasteiger partial charge in [0.2, 0.25) is 0 Å². The summed E-state index contributed by atoms with van der Waals surface area (Å²) in [7, 11) is 0. The molecule has 0 aliphatic carbocycles. The molecule has 0 saturated heterocycles. The van der Waals surface area contributed by atoms with Crippen LogP contribution in [0.1, 0.15) is 41.9 Å². The Morgan fingerprint density at radius 3 is 2.70 bits per heavy atom. The van der Waals surface area contributed by atoms with Crippen molar-refractivity contribution < 1.29 is 8.78 Å². The lowest BCUT2D eigenvalue weighted by atomic mass is 10.0. The zero-order valence-electron chi connectivity index (χ0n) is 16.5. The lowest BCUT2D eigenvalue weighted by Crippen LogP contribution is -2.31. The SMILES string of the molecule is Fc1cc(F)cc(-c2[nH]ncc2CN2CCc3nc(C4=NCCCC4)ncc3C2)c1. The number of aliphatic imine (C=N–C) groups is 1. The largest absolute Gasteiger partial charge is 0.294 e. The standard InChI is InChI=1S/C22H22F2N6/c23-17-7-14(8-18(24)9-17)21-16(11-27-29-21)13-30-6-4-19-15(12-30)10-26-22(28-19)20-3-1-2-5-25-20/h7-11H,1-6,12-13H2,(H,27,29). The zero-order chi connectivity index (χ0) is 20.5. The highest BCUT2D eigenvalue weighted by Gasteiger charge is 2.22. The van der Waals surface area contributed by atoms with Crippen LogP contribution in [0.3, 0.4) is 0 Å². The zero-order valence-corrected chi connectivity index (χ0v) is 16.5. The fourth-order valence-electron chi connectivity index (χ4n) is 4.15. The van der Waals surface area contributed by atoms with E-state index >= 15 is 0 Å². The summed E-state index contributed by atoms with van der Waals surface area (Å²) in [4.78, 5) is 16.2. The Hall–Kier alpha value is -3.00. The molecule has 2 aliphatic heterocycles. The van der Waals surface area contributed by atoms with Gasteiger partial charge in [0.05, 0.1) is 23.3 Å². The van der Waals surface area contributed by atoms with Crippen molar-refractivity contribution >= 4 is 5.71 Å². The van der Waals surface area contributed by atoms with E-state index in [-0.39, 0.29) is 0 Å². The third kappa shape index (κ3) is 3.87. The second kappa shape index (κ2) is 8.02. The summed E-state index contributed by atoms with van der Waals surface area (Å²) in [5.74, 6) is -0.437. The summed E-state index contributed by atoms with van der Waals surface area (Å²) < 4.78 is 27.3. The van der Waals surface area contributed by atoms with Gasteiger partial charge in [0.15, 0.2) is 5.82 Å². The molecule has 30 heavy (non-hydrogen) atoms. The van der Waals surface area contributed by atoms with Gasteiger partial charge in [-0.25, -0.2) is 18.7 Å². The molecule has 3 aromatic rings. The fraction of sp³-hybridized carbons (Fsp3) is 0.364. The molecule has 2 aliphatic rings. The Bertz CT molecular complexity index is 1090. The van der Waals surface area contributed by atoms with Gasteiger partial charge in [-0.1, -0.05) is 0 Å². The van der Waals surface area contributed by atoms with Crippen LogP contribution in [0, 0.1) is 11.6 Å². The molecule has 5 rings (SSSR count). The molecule has 0 bridgehead atoms. The number of hydrogen-bond donors (Lipinski definition) is 1. The lowest BCUT2D eigenvalue weighted by molar-refractivity contribution is 0.243. The van der Waals surface area contributed by atoms with Gasteiger partial charge in [-0.2, -0.15) is 5.10 Å². The number of hydrogen-bond acceptors (Lipinski definition) is 5. The van der Waals surface area contributed by atoms with Crippen LogP contribution < -0.4 is 0 Å². The van der Waals surface area contributed by atoms with E-state index in [4.69, 9.17) is 4.98 Å². The number of benzene rings is 1. The summed E-state index contributed by atoms with van der Waals surface area (Å²) in [5.41, 5.74) is 5.22. The molecule has 0 atom stereocenters. The molecule has 1 N–H and O–H groups in total. The average molecular weight is 408 g/mol. The highest BCUT2D eigenvalue weighted by atomic mass is 19.1. The van der Waals surface area contributed by atoms with Crippen molar-refractivity contribution in [3.63, 3.8) is 0 Å². The topological polar surface area (TPSA) is 70.1 Å². The van der Waals surface area contributed by atoms with Crippen LogP contribution in [0.15, 0.2) is 35.6 Å². The molecule has 0 amide bonds. The molecule has 0 fully saturated rings. The minimum atomic E-state index is -0.604. The molecule has 154 valence electrons. The monoisotopic (exact) mass is 408 g/mol. The van der Waals surface area contributed by atoms with E-state index in [0.717, 1.165) is 79.7 Å². The maximum absolute atomic E-state index is 13.6. The number of rotatable bonds is 4. The van der Waals surface area contributed by atoms with Crippen LogP contribution in [-0.2, 0) is 19.5 Å². The third-order valence-corrected chi connectivity index (χ3v) is 5.66. The molecule has 1 aromatic carbocycles. The van der Waals surface area contributed by atoms with E-state index in [2.05, 4.69) is 25.1 Å². The summed E-state index contributed by atoms with van der Waals surface area (Å²) >= 11 is 0. The van der Waals surface area contributed by atoms with Gasteiger partial charge >= 0.3 is 0 Å². The molecule has 4 heterocycles. The number of H-pyrrole nitrogens is 1. The molecular formula is C22H22F2N6. The van der Waals surface area contributed by atoms with Crippen LogP contribution in [0.5, 0.6) is 0 Å². The Balaban J connectivity index is 1.33. The summed E-state index contributed by atoms with van der Waals surface area (Å²) in [6.45, 7) is 3.06. The van der Waals surface area contributed by atoms with Crippen molar-refractivity contribution in [3.8, 4) is 11.3 Å². The number of fused-ring (bicyclic) bond motifs is 1. The molecule has 2 aromatic heterocycles. The molecule has 6 nitrogen and oxygen atoms in total. The summed E-state index contributed by atoms with van der Waals surface area (Å²) in [6.07, 6.45) is 7.71. The number of halogens is 2. The van der Waals surface area contributed by atoms with Crippen LogP contribution in [0.2, 0.25) is 0 Å². The lowest BCUT2D eigenvalue weighted by Gasteiger charge is -2.28. The van der Waals surface area contributed by atoms with Crippen LogP contribution in [0.25, 0.3) is 11.3 Å². The average Bonchev–Trinajstić information content (AvgIpc) is 3.21. The molecular weight excluding hydrogens is 386 g/mol. The molecule has 0 saturated carbocycles. The normalized spacial score (nSPS) is 16.9. The first kappa shape index (κ1) is 19.0. The fourth-order valence-corrected chi connectivity index (χ4v) is 4.15. The van der Waals surface area contributed by atoms with E-state index in [0.29, 0.717) is 17.8 Å². The first-order valence-corrected chi connectivity index (χ1v) is 10.3. The molecule has 0 radical (unpaired) electrons. The Labute approximate surface area is 173 Å². The van der Waals surface area contributed by atoms with E-state index in [1.807, 2.05) is 6.20 Å². The second-order valence-electron chi connectivity index (χ2n) is 7.84. The highest BCUT2D eigenvalue weighted by Crippen LogP contribution is 2.26. The van der Waals surface area contributed by atoms with Crippen LogP contribution in [0.4, 0.5) is 8.78 Å². The highest BCUT2D eigenvalue weighted by molar-refractivity contribution is 5.97. The van der Waals surface area contributed by atoms with E-state index in [1.54, 1.807) is 6.20 Å². The van der Waals surface area contributed by atoms with Gasteiger partial charge < -0.3 is 0 Å². The maximum atomic E-state index is 13.6.